The van der Waals surface area contributed by atoms with Crippen LogP contribution in [0.5, 0.6) is 0 Å². The molecule has 0 aliphatic carbocycles. The zero-order valence-corrected chi connectivity index (χ0v) is 13.2. The van der Waals surface area contributed by atoms with E-state index in [4.69, 9.17) is 5.11 Å². The molecule has 0 saturated carbocycles. The molecule has 0 unspecified atom stereocenters. The van der Waals surface area contributed by atoms with Crippen molar-refractivity contribution in [1.29, 1.82) is 0 Å². The van der Waals surface area contributed by atoms with Gasteiger partial charge >= 0.3 is 0 Å². The lowest BCUT2D eigenvalue weighted by Gasteiger charge is -2.06. The van der Waals surface area contributed by atoms with Gasteiger partial charge in [0.05, 0.1) is 12.8 Å². The topological polar surface area (TPSA) is 67.2 Å². The molecule has 0 spiro atoms. The number of nitrogens with one attached hydrogen (secondary N) is 1. The minimum Gasteiger partial charge on any atom is -0.392 e. The van der Waals surface area contributed by atoms with Gasteiger partial charge in [-0.05, 0) is 36.5 Å². The molecule has 2 N–H and O–H groups in total. The van der Waals surface area contributed by atoms with Gasteiger partial charge in [-0.2, -0.15) is 5.10 Å². The molecule has 22 heavy (non-hydrogen) atoms. The van der Waals surface area contributed by atoms with Crippen molar-refractivity contribution in [3.63, 3.8) is 0 Å². The first-order valence-corrected chi connectivity index (χ1v) is 7.53. The summed E-state index contributed by atoms with van der Waals surface area (Å²) in [5.74, 6) is 0.0650. The van der Waals surface area contributed by atoms with Gasteiger partial charge in [0, 0.05) is 25.7 Å². The molecule has 2 rings (SSSR count). The molecule has 1 amide bonds. The van der Waals surface area contributed by atoms with E-state index in [9.17, 15) is 4.79 Å². The van der Waals surface area contributed by atoms with Crippen molar-refractivity contribution < 1.29 is 9.90 Å². The van der Waals surface area contributed by atoms with Gasteiger partial charge in [0.2, 0.25) is 5.91 Å². The highest BCUT2D eigenvalue weighted by Crippen LogP contribution is 2.08. The van der Waals surface area contributed by atoms with Crippen LogP contribution in [0, 0.1) is 6.92 Å². The molecule has 118 valence electrons. The van der Waals surface area contributed by atoms with E-state index in [0.717, 1.165) is 35.2 Å². The Morgan fingerprint density at radius 3 is 2.50 bits per heavy atom. The Bertz CT molecular complexity index is 617. The van der Waals surface area contributed by atoms with Crippen molar-refractivity contribution in [3.05, 3.63) is 52.8 Å². The summed E-state index contributed by atoms with van der Waals surface area (Å²) in [4.78, 5) is 11.9. The average molecular weight is 301 g/mol. The van der Waals surface area contributed by atoms with Gasteiger partial charge in [0.25, 0.3) is 0 Å². The fraction of sp³-hybridized carbons (Fsp3) is 0.412. The lowest BCUT2D eigenvalue weighted by molar-refractivity contribution is -0.121. The molecule has 0 saturated heterocycles. The van der Waals surface area contributed by atoms with Crippen molar-refractivity contribution in [2.45, 2.75) is 32.8 Å². The summed E-state index contributed by atoms with van der Waals surface area (Å²) in [6, 6.07) is 7.78. The highest BCUT2D eigenvalue weighted by atomic mass is 16.3. The van der Waals surface area contributed by atoms with Gasteiger partial charge in [0.1, 0.15) is 0 Å². The monoisotopic (exact) mass is 301 g/mol. The standard InChI is InChI=1S/C17H23N3O2/c1-13-16(11-19-20(13)2)7-8-17(22)18-10-9-14-3-5-15(12-21)6-4-14/h3-6,11,21H,7-10,12H2,1-2H3,(H,18,22). The van der Waals surface area contributed by atoms with Crippen LogP contribution >= 0.6 is 0 Å². The van der Waals surface area contributed by atoms with Gasteiger partial charge in [-0.1, -0.05) is 24.3 Å². The van der Waals surface area contributed by atoms with Crippen molar-refractivity contribution >= 4 is 5.91 Å². The molecular weight excluding hydrogens is 278 g/mol. The molecule has 0 radical (unpaired) electrons. The van der Waals surface area contributed by atoms with Gasteiger partial charge in [0.15, 0.2) is 0 Å². The smallest absolute Gasteiger partial charge is 0.220 e. The zero-order chi connectivity index (χ0) is 15.9. The second kappa shape index (κ2) is 7.75. The number of carbonyl (C=O) groups excluding carboxylic acids is 1. The third-order valence-electron chi connectivity index (χ3n) is 3.90. The maximum absolute atomic E-state index is 11.9. The Morgan fingerprint density at radius 1 is 1.23 bits per heavy atom. The molecule has 1 aromatic carbocycles. The number of benzene rings is 1. The van der Waals surface area contributed by atoms with E-state index in [0.29, 0.717) is 13.0 Å². The number of amides is 1. The molecule has 0 aliphatic heterocycles. The Kier molecular flexibility index (Phi) is 5.72. The second-order valence-corrected chi connectivity index (χ2v) is 5.45. The summed E-state index contributed by atoms with van der Waals surface area (Å²) in [5.41, 5.74) is 4.29. The average Bonchev–Trinajstić information content (AvgIpc) is 2.85. The van der Waals surface area contributed by atoms with E-state index in [1.165, 1.54) is 0 Å². The summed E-state index contributed by atoms with van der Waals surface area (Å²) >= 11 is 0. The minimum atomic E-state index is 0.0603. The molecule has 1 aromatic heterocycles. The predicted octanol–water partition coefficient (Wildman–Crippen LogP) is 1.51. The Hall–Kier alpha value is -2.14. The SMILES string of the molecule is Cc1c(CCC(=O)NCCc2ccc(CO)cc2)cnn1C. The summed E-state index contributed by atoms with van der Waals surface area (Å²) in [5, 5.41) is 16.1. The van der Waals surface area contributed by atoms with E-state index in [2.05, 4.69) is 10.4 Å². The lowest BCUT2D eigenvalue weighted by Crippen LogP contribution is -2.25. The van der Waals surface area contributed by atoms with Gasteiger partial charge in [-0.3, -0.25) is 9.48 Å². The number of aliphatic hydroxyl groups excluding tert-OH is 1. The van der Waals surface area contributed by atoms with Crippen LogP contribution in [0.25, 0.3) is 0 Å². The lowest BCUT2D eigenvalue weighted by atomic mass is 10.1. The second-order valence-electron chi connectivity index (χ2n) is 5.45. The number of aryl methyl sites for hydroxylation is 2. The molecule has 0 bridgehead atoms. The number of rotatable bonds is 7. The number of aromatic nitrogens is 2. The quantitative estimate of drug-likeness (QED) is 0.814. The van der Waals surface area contributed by atoms with Crippen LogP contribution in [0.15, 0.2) is 30.5 Å². The van der Waals surface area contributed by atoms with Gasteiger partial charge in [-0.25, -0.2) is 0 Å². The highest BCUT2D eigenvalue weighted by molar-refractivity contribution is 5.76. The normalized spacial score (nSPS) is 10.7. The molecular formula is C17H23N3O2. The number of hydrogen-bond donors (Lipinski definition) is 2. The number of hydrogen-bond acceptors (Lipinski definition) is 3. The molecule has 0 atom stereocenters. The molecule has 1 heterocycles. The minimum absolute atomic E-state index is 0.0603. The van der Waals surface area contributed by atoms with E-state index in [1.54, 1.807) is 0 Å². The Labute approximate surface area is 131 Å². The summed E-state index contributed by atoms with van der Waals surface area (Å²) < 4.78 is 1.82. The maximum atomic E-state index is 11.9. The van der Waals surface area contributed by atoms with E-state index in [1.807, 2.05) is 49.1 Å². The van der Waals surface area contributed by atoms with Crippen LogP contribution in [0.4, 0.5) is 0 Å². The molecule has 0 aliphatic rings. The van der Waals surface area contributed by atoms with Crippen LogP contribution in [0.2, 0.25) is 0 Å². The molecule has 5 heteroatoms. The molecule has 2 aromatic rings. The first kappa shape index (κ1) is 16.2. The maximum Gasteiger partial charge on any atom is 0.220 e. The van der Waals surface area contributed by atoms with Crippen molar-refractivity contribution in [2.75, 3.05) is 6.54 Å². The fourth-order valence-electron chi connectivity index (χ4n) is 2.28. The first-order valence-electron chi connectivity index (χ1n) is 7.53. The van der Waals surface area contributed by atoms with E-state index >= 15 is 0 Å². The fourth-order valence-corrected chi connectivity index (χ4v) is 2.28. The molecule has 0 fully saturated rings. The van der Waals surface area contributed by atoms with Crippen molar-refractivity contribution in [2.24, 2.45) is 7.05 Å². The van der Waals surface area contributed by atoms with Gasteiger partial charge in [-0.15, -0.1) is 0 Å². The zero-order valence-electron chi connectivity index (χ0n) is 13.2. The highest BCUT2D eigenvalue weighted by Gasteiger charge is 2.07. The van der Waals surface area contributed by atoms with Crippen LogP contribution in [-0.2, 0) is 31.3 Å². The van der Waals surface area contributed by atoms with E-state index < -0.39 is 0 Å². The molecule has 5 nitrogen and oxygen atoms in total. The summed E-state index contributed by atoms with van der Waals surface area (Å²) in [6.07, 6.45) is 3.82. The van der Waals surface area contributed by atoms with Crippen LogP contribution < -0.4 is 5.32 Å². The number of nitrogens with zero attached hydrogens (tertiary/aromatic N) is 2. The van der Waals surface area contributed by atoms with Crippen LogP contribution in [-0.4, -0.2) is 27.3 Å². The van der Waals surface area contributed by atoms with Crippen molar-refractivity contribution in [1.82, 2.24) is 15.1 Å². The Morgan fingerprint density at radius 2 is 1.91 bits per heavy atom. The predicted molar refractivity (Wildman–Crippen MR) is 85.3 cm³/mol. The Balaban J connectivity index is 1.70. The van der Waals surface area contributed by atoms with Crippen molar-refractivity contribution in [3.8, 4) is 0 Å². The third-order valence-corrected chi connectivity index (χ3v) is 3.90. The van der Waals surface area contributed by atoms with Crippen LogP contribution in [0.3, 0.4) is 0 Å². The first-order chi connectivity index (χ1) is 10.6. The third kappa shape index (κ3) is 4.43. The number of aliphatic hydroxyl groups is 1. The van der Waals surface area contributed by atoms with Crippen LogP contribution in [0.1, 0.15) is 28.8 Å². The van der Waals surface area contributed by atoms with E-state index in [-0.39, 0.29) is 12.5 Å². The number of carbonyl (C=O) groups is 1. The van der Waals surface area contributed by atoms with Gasteiger partial charge < -0.3 is 10.4 Å². The largest absolute Gasteiger partial charge is 0.392 e. The summed E-state index contributed by atoms with van der Waals surface area (Å²) in [7, 11) is 1.90. The summed E-state index contributed by atoms with van der Waals surface area (Å²) in [6.45, 7) is 2.70.